The minimum atomic E-state index is 0.792. The maximum absolute atomic E-state index is 6.03. The summed E-state index contributed by atoms with van der Waals surface area (Å²) in [5.41, 5.74) is 5.86. The molecule has 2 heterocycles. The summed E-state index contributed by atoms with van der Waals surface area (Å²) in [5, 5.41) is 0. The Balaban J connectivity index is 1.96. The number of nitrogens with zero attached hydrogens (tertiary/aromatic N) is 2. The van der Waals surface area contributed by atoms with Crippen LogP contribution >= 0.6 is 11.8 Å². The van der Waals surface area contributed by atoms with E-state index >= 15 is 0 Å². The molecule has 0 saturated carbocycles. The number of aryl methyl sites for hydroxylation is 3. The Morgan fingerprint density at radius 3 is 2.79 bits per heavy atom. The topological polar surface area (TPSA) is 27.1 Å². The first-order valence-corrected chi connectivity index (χ1v) is 9.68. The van der Waals surface area contributed by atoms with Crippen molar-refractivity contribution in [2.45, 2.75) is 38.1 Å². The first-order valence-electron chi connectivity index (χ1n) is 8.46. The smallest absolute Gasteiger partial charge is 0.145 e. The number of thioether (sulfide) groups is 1. The molecule has 24 heavy (non-hydrogen) atoms. The second-order valence-electron chi connectivity index (χ2n) is 6.46. The van der Waals surface area contributed by atoms with Crippen molar-refractivity contribution in [3.63, 3.8) is 0 Å². The van der Waals surface area contributed by atoms with Gasteiger partial charge in [-0.15, -0.1) is 11.8 Å². The molecule has 0 fully saturated rings. The number of aromatic nitrogens is 2. The molecule has 0 bridgehead atoms. The lowest BCUT2D eigenvalue weighted by Gasteiger charge is -2.16. The van der Waals surface area contributed by atoms with Gasteiger partial charge in [0, 0.05) is 17.0 Å². The van der Waals surface area contributed by atoms with Crippen molar-refractivity contribution in [3.05, 3.63) is 41.5 Å². The zero-order chi connectivity index (χ0) is 16.7. The van der Waals surface area contributed by atoms with E-state index in [4.69, 9.17) is 9.72 Å². The first kappa shape index (κ1) is 15.6. The van der Waals surface area contributed by atoms with E-state index in [1.54, 1.807) is 11.8 Å². The standard InChI is InChI=1S/C20H22N2OS/c1-13-10-16-19-17(11-13)23-9-5-4-8-22(19)20(21-16)15-6-7-18(24-3)14(2)12-15/h6-7,10-12H,4-5,8-9H2,1-3H3. The average molecular weight is 338 g/mol. The van der Waals surface area contributed by atoms with Crippen LogP contribution in [0.2, 0.25) is 0 Å². The third-order valence-corrected chi connectivity index (χ3v) is 5.54. The zero-order valence-corrected chi connectivity index (χ0v) is 15.2. The van der Waals surface area contributed by atoms with Crippen LogP contribution in [0.1, 0.15) is 24.0 Å². The molecule has 124 valence electrons. The maximum atomic E-state index is 6.03. The molecule has 0 atom stereocenters. The molecule has 3 aromatic rings. The summed E-state index contributed by atoms with van der Waals surface area (Å²) in [5.74, 6) is 2.03. The van der Waals surface area contributed by atoms with Gasteiger partial charge in [0.15, 0.2) is 0 Å². The lowest BCUT2D eigenvalue weighted by Crippen LogP contribution is -2.09. The largest absolute Gasteiger partial charge is 0.491 e. The van der Waals surface area contributed by atoms with Crippen LogP contribution in [0.3, 0.4) is 0 Å². The SMILES string of the molecule is CSc1ccc(-c2nc3cc(C)cc4c3n2CCCCO4)cc1C. The van der Waals surface area contributed by atoms with Gasteiger partial charge in [-0.1, -0.05) is 6.07 Å². The van der Waals surface area contributed by atoms with Crippen LogP contribution in [0.4, 0.5) is 0 Å². The van der Waals surface area contributed by atoms with Gasteiger partial charge in [-0.05, 0) is 68.3 Å². The van der Waals surface area contributed by atoms with Crippen molar-refractivity contribution in [3.8, 4) is 17.1 Å². The number of hydrogen-bond donors (Lipinski definition) is 0. The third kappa shape index (κ3) is 2.59. The van der Waals surface area contributed by atoms with Crippen LogP contribution in [-0.4, -0.2) is 22.4 Å². The van der Waals surface area contributed by atoms with Gasteiger partial charge in [0.1, 0.15) is 17.1 Å². The van der Waals surface area contributed by atoms with Crippen molar-refractivity contribution >= 4 is 22.8 Å². The van der Waals surface area contributed by atoms with Gasteiger partial charge in [0.2, 0.25) is 0 Å². The first-order chi connectivity index (χ1) is 11.7. The van der Waals surface area contributed by atoms with Crippen LogP contribution in [0.15, 0.2) is 35.2 Å². The fourth-order valence-electron chi connectivity index (χ4n) is 3.48. The Morgan fingerprint density at radius 1 is 1.12 bits per heavy atom. The van der Waals surface area contributed by atoms with Crippen LogP contribution < -0.4 is 4.74 Å². The highest BCUT2D eigenvalue weighted by Crippen LogP contribution is 2.35. The fraction of sp³-hybridized carbons (Fsp3) is 0.350. The van der Waals surface area contributed by atoms with Gasteiger partial charge < -0.3 is 9.30 Å². The number of ether oxygens (including phenoxy) is 1. The van der Waals surface area contributed by atoms with Crippen molar-refractivity contribution < 1.29 is 4.74 Å². The molecule has 3 nitrogen and oxygen atoms in total. The Kier molecular flexibility index (Phi) is 4.01. The van der Waals surface area contributed by atoms with Gasteiger partial charge in [-0.2, -0.15) is 0 Å². The minimum Gasteiger partial charge on any atom is -0.491 e. The van der Waals surface area contributed by atoms with Gasteiger partial charge in [0.05, 0.1) is 12.1 Å². The molecule has 0 radical (unpaired) electrons. The van der Waals surface area contributed by atoms with Gasteiger partial charge >= 0.3 is 0 Å². The predicted octanol–water partition coefficient (Wildman–Crippen LogP) is 5.21. The molecule has 0 saturated heterocycles. The highest BCUT2D eigenvalue weighted by atomic mass is 32.2. The van der Waals surface area contributed by atoms with Gasteiger partial charge in [-0.3, -0.25) is 0 Å². The third-order valence-electron chi connectivity index (χ3n) is 4.64. The Morgan fingerprint density at radius 2 is 2.00 bits per heavy atom. The molecule has 1 aliphatic rings. The van der Waals surface area contributed by atoms with Crippen molar-refractivity contribution in [2.24, 2.45) is 0 Å². The Hall–Kier alpha value is -1.94. The second kappa shape index (κ2) is 6.17. The minimum absolute atomic E-state index is 0.792. The molecule has 2 aromatic carbocycles. The van der Waals surface area contributed by atoms with Gasteiger partial charge in [-0.25, -0.2) is 4.98 Å². The lowest BCUT2D eigenvalue weighted by atomic mass is 10.1. The van der Waals surface area contributed by atoms with Crippen LogP contribution in [0.5, 0.6) is 5.75 Å². The molecular weight excluding hydrogens is 316 g/mol. The van der Waals surface area contributed by atoms with E-state index in [1.165, 1.54) is 21.6 Å². The van der Waals surface area contributed by atoms with Crippen LogP contribution in [0, 0.1) is 13.8 Å². The normalized spacial score (nSPS) is 14.3. The molecule has 1 aromatic heterocycles. The van der Waals surface area contributed by atoms with Crippen molar-refractivity contribution in [1.82, 2.24) is 9.55 Å². The molecule has 1 aliphatic heterocycles. The fourth-order valence-corrected chi connectivity index (χ4v) is 4.07. The summed E-state index contributed by atoms with van der Waals surface area (Å²) >= 11 is 1.79. The van der Waals surface area contributed by atoms with E-state index in [9.17, 15) is 0 Å². The second-order valence-corrected chi connectivity index (χ2v) is 7.31. The van der Waals surface area contributed by atoms with E-state index in [0.29, 0.717) is 0 Å². The molecule has 0 unspecified atom stereocenters. The molecular formula is C20H22N2OS. The van der Waals surface area contributed by atoms with Crippen LogP contribution in [0.25, 0.3) is 22.4 Å². The summed E-state index contributed by atoms with van der Waals surface area (Å²) in [6.07, 6.45) is 4.32. The molecule has 0 N–H and O–H groups in total. The lowest BCUT2D eigenvalue weighted by molar-refractivity contribution is 0.299. The van der Waals surface area contributed by atoms with Crippen LogP contribution in [-0.2, 0) is 6.54 Å². The van der Waals surface area contributed by atoms with E-state index in [1.807, 2.05) is 0 Å². The number of imidazole rings is 1. The summed E-state index contributed by atoms with van der Waals surface area (Å²) < 4.78 is 8.37. The Labute approximate surface area is 147 Å². The summed E-state index contributed by atoms with van der Waals surface area (Å²) in [6, 6.07) is 10.9. The quantitative estimate of drug-likeness (QED) is 0.600. The zero-order valence-electron chi connectivity index (χ0n) is 14.4. The number of hydrogen-bond acceptors (Lipinski definition) is 3. The Bertz CT molecular complexity index is 914. The average Bonchev–Trinajstić information content (AvgIpc) is 2.90. The molecule has 0 spiro atoms. The molecule has 4 heteroatoms. The molecule has 0 aliphatic carbocycles. The number of rotatable bonds is 2. The van der Waals surface area contributed by atoms with E-state index in [-0.39, 0.29) is 0 Å². The summed E-state index contributed by atoms with van der Waals surface area (Å²) in [4.78, 5) is 6.29. The van der Waals surface area contributed by atoms with Crippen molar-refractivity contribution in [2.75, 3.05) is 12.9 Å². The van der Waals surface area contributed by atoms with Gasteiger partial charge in [0.25, 0.3) is 0 Å². The highest BCUT2D eigenvalue weighted by molar-refractivity contribution is 7.98. The molecule has 4 rings (SSSR count). The molecule has 0 amide bonds. The monoisotopic (exact) mass is 338 g/mol. The van der Waals surface area contributed by atoms with E-state index in [2.05, 4.69) is 55.0 Å². The van der Waals surface area contributed by atoms with E-state index in [0.717, 1.165) is 48.6 Å². The summed E-state index contributed by atoms with van der Waals surface area (Å²) in [6.45, 7) is 6.06. The van der Waals surface area contributed by atoms with Crippen molar-refractivity contribution in [1.29, 1.82) is 0 Å². The predicted molar refractivity (Wildman–Crippen MR) is 101 cm³/mol. The number of benzene rings is 2. The highest BCUT2D eigenvalue weighted by Gasteiger charge is 2.19. The maximum Gasteiger partial charge on any atom is 0.145 e. The summed E-state index contributed by atoms with van der Waals surface area (Å²) in [7, 11) is 0. The van der Waals surface area contributed by atoms with E-state index < -0.39 is 0 Å².